The van der Waals surface area contributed by atoms with Crippen LogP contribution in [0.15, 0.2) is 42.5 Å². The second-order valence-electron chi connectivity index (χ2n) is 10.1. The summed E-state index contributed by atoms with van der Waals surface area (Å²) in [5.41, 5.74) is 3.83. The minimum Gasteiger partial charge on any atom is -0.494 e. The predicted molar refractivity (Wildman–Crippen MR) is 145 cm³/mol. The van der Waals surface area contributed by atoms with Gasteiger partial charge in [-0.3, -0.25) is 4.79 Å². The van der Waals surface area contributed by atoms with E-state index in [4.69, 9.17) is 14.8 Å². The van der Waals surface area contributed by atoms with Gasteiger partial charge in [0, 0.05) is 55.8 Å². The topological polar surface area (TPSA) is 122 Å². The van der Waals surface area contributed by atoms with E-state index in [0.717, 1.165) is 34.4 Å². The minimum atomic E-state index is -1.08. The van der Waals surface area contributed by atoms with Gasteiger partial charge in [0.05, 0.1) is 18.3 Å². The number of likely N-dealkylation sites (tertiary alicyclic amines) is 1. The molecule has 2 atom stereocenters. The molecule has 0 unspecified atom stereocenters. The number of hydrogen-bond acceptors (Lipinski definition) is 5. The normalized spacial score (nSPS) is 16.6. The van der Waals surface area contributed by atoms with Crippen LogP contribution in [0.5, 0.6) is 5.75 Å². The van der Waals surface area contributed by atoms with E-state index in [1.54, 1.807) is 24.1 Å². The number of benzene rings is 2. The summed E-state index contributed by atoms with van der Waals surface area (Å²) in [6.07, 6.45) is 0.338. The van der Waals surface area contributed by atoms with Crippen molar-refractivity contribution in [3.05, 3.63) is 48.0 Å². The molecule has 10 nitrogen and oxygen atoms in total. The Hall–Kier alpha value is -4.05. The van der Waals surface area contributed by atoms with Crippen molar-refractivity contribution in [1.82, 2.24) is 24.3 Å². The number of aliphatic hydroxyl groups is 1. The number of para-hydroxylation sites is 1. The number of carbonyl (C=O) groups is 2. The zero-order chi connectivity index (χ0) is 27.0. The fourth-order valence-corrected chi connectivity index (χ4v) is 5.42. The van der Waals surface area contributed by atoms with Crippen LogP contribution in [0.25, 0.3) is 33.5 Å². The van der Waals surface area contributed by atoms with Gasteiger partial charge in [-0.1, -0.05) is 25.1 Å². The number of aryl methyl sites for hydroxylation is 1. The van der Waals surface area contributed by atoms with Gasteiger partial charge >= 0.3 is 6.09 Å². The number of hydrogen-bond donors (Lipinski definition) is 3. The maximum Gasteiger partial charge on any atom is 0.404 e. The highest BCUT2D eigenvalue weighted by Crippen LogP contribution is 2.35. The first-order chi connectivity index (χ1) is 18.3. The molecule has 3 N–H and O–H groups in total. The van der Waals surface area contributed by atoms with Gasteiger partial charge in [-0.05, 0) is 43.0 Å². The number of aromatic nitrogens is 3. The lowest BCUT2D eigenvalue weighted by Gasteiger charge is -2.32. The number of nitrogens with zero attached hydrogens (tertiary/aromatic N) is 4. The number of methoxy groups -OCH3 is 1. The summed E-state index contributed by atoms with van der Waals surface area (Å²) in [6, 6.07) is 13.4. The highest BCUT2D eigenvalue weighted by Gasteiger charge is 2.27. The van der Waals surface area contributed by atoms with Gasteiger partial charge in [0.25, 0.3) is 5.91 Å². The first-order valence-corrected chi connectivity index (χ1v) is 12.8. The number of aliphatic hydroxyl groups excluding tert-OH is 1. The third kappa shape index (κ3) is 4.67. The van der Waals surface area contributed by atoms with Crippen LogP contribution in [0.3, 0.4) is 0 Å². The third-order valence-electron chi connectivity index (χ3n) is 7.28. The molecule has 3 heterocycles. The predicted octanol–water partition coefficient (Wildman–Crippen LogP) is 3.70. The summed E-state index contributed by atoms with van der Waals surface area (Å²) < 4.78 is 9.88. The van der Waals surface area contributed by atoms with Gasteiger partial charge in [-0.25, -0.2) is 9.78 Å². The fraction of sp³-hybridized carbons (Fsp3) is 0.393. The molecule has 1 fully saturated rings. The minimum absolute atomic E-state index is 0.0574. The Morgan fingerprint density at radius 2 is 2.03 bits per heavy atom. The average Bonchev–Trinajstić information content (AvgIpc) is 3.44. The van der Waals surface area contributed by atoms with Crippen LogP contribution >= 0.6 is 0 Å². The number of rotatable bonds is 7. The second kappa shape index (κ2) is 10.4. The van der Waals surface area contributed by atoms with Gasteiger partial charge in [0.1, 0.15) is 11.3 Å². The van der Waals surface area contributed by atoms with Gasteiger partial charge < -0.3 is 34.3 Å². The van der Waals surface area contributed by atoms with Crippen LogP contribution in [0.1, 0.15) is 30.1 Å². The van der Waals surface area contributed by atoms with Crippen molar-refractivity contribution in [2.45, 2.75) is 32.4 Å². The molecule has 1 aliphatic rings. The molecule has 38 heavy (non-hydrogen) atoms. The SMILES string of the molecule is COc1cc(C(=O)N2CCC[C@@H](NC(=O)O)C2)cc2nc(-c3cc4ccccc4n3C[C@H](C)CO)n(C)c12. The molecule has 1 aliphatic heterocycles. The number of ether oxygens (including phenoxy) is 1. The molecule has 2 amide bonds. The summed E-state index contributed by atoms with van der Waals surface area (Å²) >= 11 is 0. The molecule has 0 radical (unpaired) electrons. The van der Waals surface area contributed by atoms with Crippen molar-refractivity contribution in [3.8, 4) is 17.3 Å². The molecule has 10 heteroatoms. The van der Waals surface area contributed by atoms with E-state index >= 15 is 0 Å². The molecule has 5 rings (SSSR count). The lowest BCUT2D eigenvalue weighted by molar-refractivity contribution is 0.0692. The standard InChI is InChI=1S/C28H33N5O5/c1-17(16-34)14-33-22-9-5-4-7-18(22)12-23(33)26-30-21-11-19(13-24(38-3)25(21)31(26)2)27(35)32-10-6-8-20(15-32)29-28(36)37/h4-5,7,9,11-13,17,20,29,34H,6,8,10,14-16H2,1-3H3,(H,36,37)/t17-,20+/m0/s1. The van der Waals surface area contributed by atoms with Gasteiger partial charge in [-0.2, -0.15) is 0 Å². The second-order valence-corrected chi connectivity index (χ2v) is 10.1. The number of fused-ring (bicyclic) bond motifs is 2. The molecule has 0 spiro atoms. The van der Waals surface area contributed by atoms with E-state index < -0.39 is 6.09 Å². The molecule has 0 saturated carbocycles. The molecule has 0 aliphatic carbocycles. The highest BCUT2D eigenvalue weighted by atomic mass is 16.5. The fourth-order valence-electron chi connectivity index (χ4n) is 5.42. The number of amides is 2. The quantitative estimate of drug-likeness (QED) is 0.342. The van der Waals surface area contributed by atoms with Crippen molar-refractivity contribution in [3.63, 3.8) is 0 Å². The average molecular weight is 520 g/mol. The van der Waals surface area contributed by atoms with Crippen molar-refractivity contribution in [2.75, 3.05) is 26.8 Å². The molecule has 1 saturated heterocycles. The van der Waals surface area contributed by atoms with Crippen LogP contribution in [0.2, 0.25) is 0 Å². The number of carbonyl (C=O) groups excluding carboxylic acids is 1. The Balaban J connectivity index is 1.57. The Morgan fingerprint density at radius 3 is 2.76 bits per heavy atom. The smallest absolute Gasteiger partial charge is 0.404 e. The van der Waals surface area contributed by atoms with Crippen LogP contribution in [0, 0.1) is 5.92 Å². The van der Waals surface area contributed by atoms with Gasteiger partial charge in [0.2, 0.25) is 0 Å². The summed E-state index contributed by atoms with van der Waals surface area (Å²) in [7, 11) is 3.50. The van der Waals surface area contributed by atoms with E-state index in [0.29, 0.717) is 42.9 Å². The van der Waals surface area contributed by atoms with Gasteiger partial charge in [-0.15, -0.1) is 0 Å². The van der Waals surface area contributed by atoms with Crippen LogP contribution in [0.4, 0.5) is 4.79 Å². The first-order valence-electron chi connectivity index (χ1n) is 12.8. The lowest BCUT2D eigenvalue weighted by atomic mass is 10.0. The van der Waals surface area contributed by atoms with E-state index in [9.17, 15) is 14.7 Å². The third-order valence-corrected chi connectivity index (χ3v) is 7.28. The number of carboxylic acid groups (broad SMARTS) is 1. The van der Waals surface area contributed by atoms with E-state index in [1.807, 2.05) is 30.7 Å². The Bertz CT molecular complexity index is 1510. The van der Waals surface area contributed by atoms with E-state index in [1.165, 1.54) is 0 Å². The molecule has 2 aromatic heterocycles. The van der Waals surface area contributed by atoms with Crippen LogP contribution in [-0.4, -0.2) is 74.1 Å². The van der Waals surface area contributed by atoms with Crippen molar-refractivity contribution in [1.29, 1.82) is 0 Å². The molecule has 2 aromatic carbocycles. The lowest BCUT2D eigenvalue weighted by Crippen LogP contribution is -2.49. The largest absolute Gasteiger partial charge is 0.494 e. The molecule has 0 bridgehead atoms. The summed E-state index contributed by atoms with van der Waals surface area (Å²) in [5.74, 6) is 1.14. The monoisotopic (exact) mass is 519 g/mol. The molecular formula is C28H33N5O5. The highest BCUT2D eigenvalue weighted by molar-refractivity contribution is 6.00. The molecule has 4 aromatic rings. The Morgan fingerprint density at radius 1 is 1.24 bits per heavy atom. The maximum absolute atomic E-state index is 13.5. The molecule has 200 valence electrons. The van der Waals surface area contributed by atoms with Crippen LogP contribution < -0.4 is 10.1 Å². The van der Waals surface area contributed by atoms with Crippen molar-refractivity contribution < 1.29 is 24.5 Å². The zero-order valence-electron chi connectivity index (χ0n) is 21.8. The first kappa shape index (κ1) is 25.6. The maximum atomic E-state index is 13.5. The Labute approximate surface area is 220 Å². The summed E-state index contributed by atoms with van der Waals surface area (Å²) in [6.45, 7) is 3.60. The van der Waals surface area contributed by atoms with Gasteiger partial charge in [0.15, 0.2) is 5.82 Å². The van der Waals surface area contributed by atoms with Crippen LogP contribution in [-0.2, 0) is 13.6 Å². The molecular weight excluding hydrogens is 486 g/mol. The Kier molecular flexibility index (Phi) is 6.98. The van der Waals surface area contributed by atoms with E-state index in [2.05, 4.69) is 28.1 Å². The summed E-state index contributed by atoms with van der Waals surface area (Å²) in [5, 5.41) is 22.4. The summed E-state index contributed by atoms with van der Waals surface area (Å²) in [4.78, 5) is 31.2. The number of nitrogens with one attached hydrogen (secondary N) is 1. The van der Waals surface area contributed by atoms with Crippen molar-refractivity contribution >= 4 is 33.9 Å². The zero-order valence-corrected chi connectivity index (χ0v) is 21.8. The van der Waals surface area contributed by atoms with Crippen molar-refractivity contribution in [2.24, 2.45) is 13.0 Å². The number of piperidine rings is 1. The number of imidazole rings is 1. The van der Waals surface area contributed by atoms with E-state index in [-0.39, 0.29) is 24.5 Å².